The average Bonchev–Trinajstić information content (AvgIpc) is 3.57. The topological polar surface area (TPSA) is 49.3 Å². The molecule has 0 saturated carbocycles. The third kappa shape index (κ3) is 5.07. The van der Waals surface area contributed by atoms with Gasteiger partial charge in [-0.2, -0.15) is 0 Å². The quantitative estimate of drug-likeness (QED) is 0.204. The maximum atomic E-state index is 11.6. The number of hydrogen-bond donors (Lipinski definition) is 1. The second-order valence-electron chi connectivity index (χ2n) is 12.7. The second-order valence-corrected chi connectivity index (χ2v) is 14.1. The molecule has 1 aliphatic heterocycles. The van der Waals surface area contributed by atoms with Crippen LogP contribution < -0.4 is 0 Å². The van der Waals surface area contributed by atoms with Crippen LogP contribution in [0.2, 0.25) is 5.02 Å². The van der Waals surface area contributed by atoms with Crippen molar-refractivity contribution >= 4 is 49.3 Å². The minimum Gasteiger partial charge on any atom is -0.385 e. The van der Waals surface area contributed by atoms with Crippen LogP contribution in [0.5, 0.6) is 0 Å². The fraction of sp³-hybridized carbons (Fsp3) is 0.231. The van der Waals surface area contributed by atoms with Gasteiger partial charge in [0.15, 0.2) is 0 Å². The molecule has 4 aromatic carbocycles. The van der Waals surface area contributed by atoms with Crippen LogP contribution in [0.15, 0.2) is 120 Å². The van der Waals surface area contributed by atoms with Gasteiger partial charge in [0.2, 0.25) is 0 Å². The Morgan fingerprint density at radius 1 is 0.756 bits per heavy atom. The molecule has 2 unspecified atom stereocenters. The van der Waals surface area contributed by atoms with Crippen LogP contribution in [0.1, 0.15) is 53.0 Å². The van der Waals surface area contributed by atoms with Crippen molar-refractivity contribution in [3.8, 4) is 0 Å². The van der Waals surface area contributed by atoms with Gasteiger partial charge >= 0.3 is 0 Å². The summed E-state index contributed by atoms with van der Waals surface area (Å²) in [5, 5.41) is 14.7. The highest BCUT2D eigenvalue weighted by Gasteiger charge is 2.53. The second kappa shape index (κ2) is 11.3. The Hall–Kier alpha value is -3.61. The maximum Gasteiger partial charge on any atom is 0.0935 e. The normalized spacial score (nSPS) is 21.3. The number of piperidine rings is 1. The summed E-state index contributed by atoms with van der Waals surface area (Å²) in [4.78, 5) is 11.4. The molecule has 1 saturated heterocycles. The van der Waals surface area contributed by atoms with E-state index in [-0.39, 0.29) is 5.41 Å². The summed E-state index contributed by atoms with van der Waals surface area (Å²) in [5.41, 5.74) is 7.91. The zero-order valence-electron chi connectivity index (χ0n) is 24.8. The van der Waals surface area contributed by atoms with Gasteiger partial charge in [-0.15, -0.1) is 0 Å². The van der Waals surface area contributed by atoms with E-state index in [2.05, 4.69) is 85.4 Å². The minimum absolute atomic E-state index is 0.0124. The molecule has 2 bridgehead atoms. The Bertz CT molecular complexity index is 2060. The van der Waals surface area contributed by atoms with Crippen LogP contribution >= 0.6 is 27.5 Å². The number of rotatable bonds is 3. The molecule has 224 valence electrons. The average molecular weight is 675 g/mol. The van der Waals surface area contributed by atoms with Crippen LogP contribution in [-0.4, -0.2) is 39.6 Å². The standard InChI is InChI=1S/C30H27ClN2O.C9H6BrN/c31-22-9-10-24-25-17-29(27(24)16-22,26-7-3-2-6-23(25)26)19-33-13-11-30(34,12-14-33)21-15-20-5-1-4-8-28(20)32-18-21;10-8-5-7-3-1-2-4-9(7)11-6-8/h1-10,15-16,18,25,34H,11-14,17,19H2;1-6H. The molecule has 45 heavy (non-hydrogen) atoms. The third-order valence-corrected chi connectivity index (χ3v) is 10.8. The summed E-state index contributed by atoms with van der Waals surface area (Å²) in [6, 6.07) is 35.8. The van der Waals surface area contributed by atoms with E-state index in [0.29, 0.717) is 5.92 Å². The Labute approximate surface area is 276 Å². The van der Waals surface area contributed by atoms with Crippen molar-refractivity contribution in [3.05, 3.63) is 153 Å². The summed E-state index contributed by atoms with van der Waals surface area (Å²) in [7, 11) is 0. The summed E-state index contributed by atoms with van der Waals surface area (Å²) in [6.07, 6.45) is 6.23. The van der Waals surface area contributed by atoms with Crippen molar-refractivity contribution in [2.45, 2.75) is 36.2 Å². The molecule has 0 amide bonds. The molecule has 4 nitrogen and oxygen atoms in total. The molecule has 3 aliphatic rings. The molecular formula is C39H33BrClN3O. The lowest BCUT2D eigenvalue weighted by Crippen LogP contribution is -2.47. The van der Waals surface area contributed by atoms with Gasteiger partial charge < -0.3 is 10.0 Å². The number of hydrogen-bond acceptors (Lipinski definition) is 4. The highest BCUT2D eigenvalue weighted by atomic mass is 79.9. The van der Waals surface area contributed by atoms with Gasteiger partial charge in [0.05, 0.1) is 16.6 Å². The van der Waals surface area contributed by atoms with E-state index >= 15 is 0 Å². The number of likely N-dealkylation sites (tertiary alicyclic amines) is 1. The molecule has 2 atom stereocenters. The van der Waals surface area contributed by atoms with Gasteiger partial charge in [-0.25, -0.2) is 0 Å². The largest absolute Gasteiger partial charge is 0.385 e. The fourth-order valence-corrected chi connectivity index (χ4v) is 8.46. The Morgan fingerprint density at radius 3 is 2.18 bits per heavy atom. The van der Waals surface area contributed by atoms with E-state index < -0.39 is 5.60 Å². The van der Waals surface area contributed by atoms with Crippen LogP contribution in [0, 0.1) is 0 Å². The predicted octanol–water partition coefficient (Wildman–Crippen LogP) is 9.00. The molecular weight excluding hydrogens is 642 g/mol. The maximum absolute atomic E-state index is 11.6. The molecule has 2 aromatic heterocycles. The zero-order valence-corrected chi connectivity index (χ0v) is 27.2. The summed E-state index contributed by atoms with van der Waals surface area (Å²) >= 11 is 9.86. The van der Waals surface area contributed by atoms with Gasteiger partial charge in [0.25, 0.3) is 0 Å². The van der Waals surface area contributed by atoms with Crippen LogP contribution in [0.3, 0.4) is 0 Å². The van der Waals surface area contributed by atoms with E-state index in [9.17, 15) is 5.11 Å². The van der Waals surface area contributed by atoms with E-state index in [4.69, 9.17) is 11.6 Å². The Morgan fingerprint density at radius 2 is 1.40 bits per heavy atom. The number of pyridine rings is 2. The number of halogens is 2. The first-order valence-electron chi connectivity index (χ1n) is 15.6. The number of aliphatic hydroxyl groups is 1. The molecule has 6 aromatic rings. The van der Waals surface area contributed by atoms with E-state index in [1.165, 1.54) is 27.6 Å². The molecule has 1 N–H and O–H groups in total. The molecule has 9 rings (SSSR count). The molecule has 6 heteroatoms. The van der Waals surface area contributed by atoms with E-state index in [1.54, 1.807) is 0 Å². The number of nitrogens with zero attached hydrogens (tertiary/aromatic N) is 3. The summed E-state index contributed by atoms with van der Waals surface area (Å²) < 4.78 is 1.02. The molecule has 2 aliphatic carbocycles. The molecule has 1 fully saturated rings. The van der Waals surface area contributed by atoms with Crippen molar-refractivity contribution in [2.24, 2.45) is 0 Å². The van der Waals surface area contributed by atoms with Gasteiger partial charge in [0.1, 0.15) is 0 Å². The monoisotopic (exact) mass is 673 g/mol. The zero-order chi connectivity index (χ0) is 30.6. The SMILES string of the molecule is Brc1cnc2ccccc2c1.OC1(c2cnc3ccccc3c2)CCN(CC23CC(c4ccccc42)c2ccc(Cl)cc23)CC1. The lowest BCUT2D eigenvalue weighted by atomic mass is 9.74. The van der Waals surface area contributed by atoms with Crippen LogP contribution in [0.25, 0.3) is 21.8 Å². The van der Waals surface area contributed by atoms with Gasteiger partial charge in [-0.1, -0.05) is 78.3 Å². The third-order valence-electron chi connectivity index (χ3n) is 10.2. The van der Waals surface area contributed by atoms with Crippen molar-refractivity contribution in [1.82, 2.24) is 14.9 Å². The first-order chi connectivity index (χ1) is 21.9. The van der Waals surface area contributed by atoms with Crippen molar-refractivity contribution < 1.29 is 5.11 Å². The fourth-order valence-electron chi connectivity index (χ4n) is 7.94. The molecule has 0 spiro atoms. The van der Waals surface area contributed by atoms with Gasteiger partial charge in [0, 0.05) is 69.2 Å². The van der Waals surface area contributed by atoms with Gasteiger partial charge in [-0.3, -0.25) is 9.97 Å². The number of fused-ring (bicyclic) bond motifs is 10. The number of para-hydroxylation sites is 2. The first kappa shape index (κ1) is 28.8. The van der Waals surface area contributed by atoms with E-state index in [1.807, 2.05) is 60.9 Å². The number of benzene rings is 4. The smallest absolute Gasteiger partial charge is 0.0935 e. The number of aromatic nitrogens is 2. The van der Waals surface area contributed by atoms with Gasteiger partial charge in [-0.05, 0) is 93.8 Å². The van der Waals surface area contributed by atoms with Crippen molar-refractivity contribution in [2.75, 3.05) is 19.6 Å². The molecule has 0 radical (unpaired) electrons. The minimum atomic E-state index is -0.821. The summed E-state index contributed by atoms with van der Waals surface area (Å²) in [6.45, 7) is 2.71. The highest BCUT2D eigenvalue weighted by molar-refractivity contribution is 9.10. The Balaban J connectivity index is 0.000000230. The highest BCUT2D eigenvalue weighted by Crippen LogP contribution is 2.60. The van der Waals surface area contributed by atoms with Crippen molar-refractivity contribution in [1.29, 1.82) is 0 Å². The first-order valence-corrected chi connectivity index (χ1v) is 16.8. The van der Waals surface area contributed by atoms with Crippen LogP contribution in [-0.2, 0) is 11.0 Å². The lowest BCUT2D eigenvalue weighted by molar-refractivity contribution is -0.0290. The predicted molar refractivity (Wildman–Crippen MR) is 186 cm³/mol. The van der Waals surface area contributed by atoms with Crippen LogP contribution in [0.4, 0.5) is 0 Å². The van der Waals surface area contributed by atoms with E-state index in [0.717, 1.165) is 70.4 Å². The Kier molecular flexibility index (Phi) is 7.26. The summed E-state index contributed by atoms with van der Waals surface area (Å²) in [5.74, 6) is 0.467. The van der Waals surface area contributed by atoms with Crippen molar-refractivity contribution in [3.63, 3.8) is 0 Å². The lowest BCUT2D eigenvalue weighted by Gasteiger charge is -2.42. The molecule has 3 heterocycles.